The van der Waals surface area contributed by atoms with Gasteiger partial charge in [-0.05, 0) is 55.2 Å². The largest absolute Gasteiger partial charge is 0.494 e. The molecule has 0 aliphatic rings. The molecule has 0 bridgehead atoms. The first kappa shape index (κ1) is 24.2. The minimum atomic E-state index is 0.479. The van der Waals surface area contributed by atoms with E-state index in [0.717, 1.165) is 49.8 Å². The minimum absolute atomic E-state index is 0.479. The quantitative estimate of drug-likeness (QED) is 0.395. The molecule has 0 radical (unpaired) electrons. The van der Waals surface area contributed by atoms with Crippen LogP contribution in [0.15, 0.2) is 41.4 Å². The zero-order valence-electron chi connectivity index (χ0n) is 19.3. The smallest absolute Gasteiger partial charge is 0.203 e. The summed E-state index contributed by atoms with van der Waals surface area (Å²) in [7, 11) is 4.81. The van der Waals surface area contributed by atoms with E-state index in [0.29, 0.717) is 23.8 Å². The highest BCUT2D eigenvalue weighted by atomic mass is 16.5. The molecule has 7 heteroatoms. The van der Waals surface area contributed by atoms with E-state index in [2.05, 4.69) is 29.7 Å². The van der Waals surface area contributed by atoms with Crippen molar-refractivity contribution in [3.8, 4) is 23.0 Å². The number of hydrogen-bond donors (Lipinski definition) is 2. The Kier molecular flexibility index (Phi) is 10.3. The summed E-state index contributed by atoms with van der Waals surface area (Å²) >= 11 is 0. The average molecular weight is 430 g/mol. The number of hydrogen-bond acceptors (Lipinski definition) is 5. The molecule has 0 amide bonds. The highest BCUT2D eigenvalue weighted by Crippen LogP contribution is 2.38. The maximum absolute atomic E-state index is 5.72. The van der Waals surface area contributed by atoms with E-state index in [4.69, 9.17) is 23.9 Å². The summed E-state index contributed by atoms with van der Waals surface area (Å²) in [6.07, 6.45) is 1.87. The molecule has 2 N–H and O–H groups in total. The molecule has 0 spiro atoms. The molecular formula is C24H35N3O4. The fraction of sp³-hybridized carbons (Fsp3) is 0.458. The van der Waals surface area contributed by atoms with Gasteiger partial charge in [-0.2, -0.15) is 0 Å². The third-order valence-corrected chi connectivity index (χ3v) is 4.57. The van der Waals surface area contributed by atoms with Crippen LogP contribution in [0, 0.1) is 0 Å². The van der Waals surface area contributed by atoms with Gasteiger partial charge in [0.2, 0.25) is 5.75 Å². The van der Waals surface area contributed by atoms with Crippen molar-refractivity contribution in [2.45, 2.75) is 33.2 Å². The number of methoxy groups -OCH3 is 3. The van der Waals surface area contributed by atoms with Gasteiger partial charge in [0.1, 0.15) is 5.75 Å². The van der Waals surface area contributed by atoms with Crippen molar-refractivity contribution in [1.29, 1.82) is 0 Å². The Morgan fingerprint density at radius 2 is 1.65 bits per heavy atom. The predicted molar refractivity (Wildman–Crippen MR) is 125 cm³/mol. The van der Waals surface area contributed by atoms with Crippen LogP contribution in [0.25, 0.3) is 0 Å². The van der Waals surface area contributed by atoms with E-state index in [1.807, 2.05) is 31.2 Å². The summed E-state index contributed by atoms with van der Waals surface area (Å²) in [5, 5.41) is 6.68. The van der Waals surface area contributed by atoms with Crippen molar-refractivity contribution >= 4 is 5.96 Å². The molecule has 0 heterocycles. The second kappa shape index (κ2) is 13.3. The molecule has 2 aromatic rings. The fourth-order valence-electron chi connectivity index (χ4n) is 3.07. The van der Waals surface area contributed by atoms with Crippen LogP contribution in [0.4, 0.5) is 0 Å². The van der Waals surface area contributed by atoms with Crippen LogP contribution in [0.1, 0.15) is 31.4 Å². The number of rotatable bonds is 12. The zero-order valence-corrected chi connectivity index (χ0v) is 19.3. The van der Waals surface area contributed by atoms with Crippen molar-refractivity contribution in [2.75, 3.05) is 41.0 Å². The van der Waals surface area contributed by atoms with E-state index >= 15 is 0 Å². The number of aliphatic imine (C=N–C) groups is 1. The maximum atomic E-state index is 5.72. The fourth-order valence-corrected chi connectivity index (χ4v) is 3.07. The molecule has 7 nitrogen and oxygen atoms in total. The monoisotopic (exact) mass is 429 g/mol. The van der Waals surface area contributed by atoms with E-state index < -0.39 is 0 Å². The van der Waals surface area contributed by atoms with Crippen LogP contribution in [0.2, 0.25) is 0 Å². The summed E-state index contributed by atoms with van der Waals surface area (Å²) in [5.41, 5.74) is 2.19. The highest BCUT2D eigenvalue weighted by Gasteiger charge is 2.13. The van der Waals surface area contributed by atoms with Crippen LogP contribution in [0.5, 0.6) is 23.0 Å². The van der Waals surface area contributed by atoms with E-state index in [-0.39, 0.29) is 0 Å². The Morgan fingerprint density at radius 3 is 2.26 bits per heavy atom. The Labute approximate surface area is 185 Å². The first-order valence-corrected chi connectivity index (χ1v) is 10.7. The van der Waals surface area contributed by atoms with Gasteiger partial charge in [0, 0.05) is 13.1 Å². The maximum Gasteiger partial charge on any atom is 0.203 e. The number of benzene rings is 2. The molecule has 0 saturated carbocycles. The van der Waals surface area contributed by atoms with Gasteiger partial charge in [-0.25, -0.2) is 4.99 Å². The topological polar surface area (TPSA) is 73.3 Å². The molecule has 31 heavy (non-hydrogen) atoms. The van der Waals surface area contributed by atoms with Crippen LogP contribution in [-0.4, -0.2) is 47.0 Å². The molecule has 0 aromatic heterocycles. The van der Waals surface area contributed by atoms with Crippen molar-refractivity contribution in [1.82, 2.24) is 10.6 Å². The Morgan fingerprint density at radius 1 is 0.903 bits per heavy atom. The number of ether oxygens (including phenoxy) is 4. The van der Waals surface area contributed by atoms with Crippen LogP contribution < -0.4 is 29.6 Å². The lowest BCUT2D eigenvalue weighted by Crippen LogP contribution is -2.38. The van der Waals surface area contributed by atoms with Gasteiger partial charge in [-0.3, -0.25) is 0 Å². The number of nitrogens with one attached hydrogen (secondary N) is 2. The standard InChI is InChI=1S/C24H35N3O4/c1-6-13-31-20-10-8-9-18(14-20)11-12-26-24(25-7-2)27-17-19-15-21(28-3)23(30-5)22(16-19)29-4/h8-10,14-16H,6-7,11-13,17H2,1-5H3,(H2,25,26,27). The molecule has 0 aliphatic heterocycles. The minimum Gasteiger partial charge on any atom is -0.494 e. The molecule has 0 fully saturated rings. The lowest BCUT2D eigenvalue weighted by atomic mass is 10.1. The van der Waals surface area contributed by atoms with Gasteiger partial charge in [-0.1, -0.05) is 19.1 Å². The van der Waals surface area contributed by atoms with Gasteiger partial charge in [0.25, 0.3) is 0 Å². The molecule has 0 unspecified atom stereocenters. The molecule has 170 valence electrons. The molecule has 2 rings (SSSR count). The molecule has 0 aliphatic carbocycles. The summed E-state index contributed by atoms with van der Waals surface area (Å²) in [6.45, 7) is 6.91. The predicted octanol–water partition coefficient (Wildman–Crippen LogP) is 3.80. The molecule has 2 aromatic carbocycles. The van der Waals surface area contributed by atoms with Crippen LogP contribution in [0.3, 0.4) is 0 Å². The molecule has 0 saturated heterocycles. The van der Waals surface area contributed by atoms with Gasteiger partial charge in [-0.15, -0.1) is 0 Å². The van der Waals surface area contributed by atoms with Crippen molar-refractivity contribution < 1.29 is 18.9 Å². The van der Waals surface area contributed by atoms with Gasteiger partial charge in [0.15, 0.2) is 17.5 Å². The third-order valence-electron chi connectivity index (χ3n) is 4.57. The highest BCUT2D eigenvalue weighted by molar-refractivity contribution is 5.79. The number of guanidine groups is 1. The van der Waals surface area contributed by atoms with Crippen molar-refractivity contribution in [3.63, 3.8) is 0 Å². The lowest BCUT2D eigenvalue weighted by molar-refractivity contribution is 0.317. The second-order valence-electron chi connectivity index (χ2n) is 6.90. The SMILES string of the molecule is CCCOc1cccc(CCNC(=NCc2cc(OC)c(OC)c(OC)c2)NCC)c1. The van der Waals surface area contributed by atoms with Crippen LogP contribution >= 0.6 is 0 Å². The summed E-state index contributed by atoms with van der Waals surface area (Å²) in [5.74, 6) is 3.50. The van der Waals surface area contributed by atoms with Crippen LogP contribution in [-0.2, 0) is 13.0 Å². The summed E-state index contributed by atoms with van der Waals surface area (Å²) in [6, 6.07) is 12.1. The summed E-state index contributed by atoms with van der Waals surface area (Å²) < 4.78 is 22.0. The molecule has 0 atom stereocenters. The Bertz CT molecular complexity index is 814. The van der Waals surface area contributed by atoms with E-state index in [1.165, 1.54) is 5.56 Å². The van der Waals surface area contributed by atoms with E-state index in [1.54, 1.807) is 21.3 Å². The second-order valence-corrected chi connectivity index (χ2v) is 6.90. The van der Waals surface area contributed by atoms with Crippen molar-refractivity contribution in [3.05, 3.63) is 47.5 Å². The Balaban J connectivity index is 2.01. The molecular weight excluding hydrogens is 394 g/mol. The number of nitrogens with zero attached hydrogens (tertiary/aromatic N) is 1. The first-order chi connectivity index (χ1) is 15.1. The lowest BCUT2D eigenvalue weighted by Gasteiger charge is -2.14. The van der Waals surface area contributed by atoms with Gasteiger partial charge in [0.05, 0.1) is 34.5 Å². The first-order valence-electron chi connectivity index (χ1n) is 10.7. The van der Waals surface area contributed by atoms with Crippen molar-refractivity contribution in [2.24, 2.45) is 4.99 Å². The van der Waals surface area contributed by atoms with E-state index in [9.17, 15) is 0 Å². The Hall–Kier alpha value is -3.09. The summed E-state index contributed by atoms with van der Waals surface area (Å²) in [4.78, 5) is 4.70. The zero-order chi connectivity index (χ0) is 22.5. The van der Waals surface area contributed by atoms with Gasteiger partial charge < -0.3 is 29.6 Å². The van der Waals surface area contributed by atoms with Gasteiger partial charge >= 0.3 is 0 Å². The normalized spacial score (nSPS) is 11.1. The average Bonchev–Trinajstić information content (AvgIpc) is 2.80. The third kappa shape index (κ3) is 7.59.